The minimum Gasteiger partial charge on any atom is -0.508 e. The number of hydrogen-bond acceptors (Lipinski definition) is 11. The number of primary amides is 1. The summed E-state index contributed by atoms with van der Waals surface area (Å²) in [5, 5.41) is 48.4. The molecular weight excluding hydrogens is 551 g/mol. The van der Waals surface area contributed by atoms with E-state index in [2.05, 4.69) is 5.10 Å². The number of alkyl halides is 3. The number of rotatable bonds is 5. The van der Waals surface area contributed by atoms with E-state index in [1.165, 1.54) is 30.0 Å². The molecule has 0 saturated heterocycles. The first kappa shape index (κ1) is 29.9. The number of hydrazone groups is 1. The van der Waals surface area contributed by atoms with Crippen LogP contribution in [-0.4, -0.2) is 94.5 Å². The molecular formula is C26H30F3N5O7. The second-order valence-electron chi connectivity index (χ2n) is 10.9. The second-order valence-corrected chi connectivity index (χ2v) is 10.9. The Balaban J connectivity index is 2.01. The fourth-order valence-electron chi connectivity index (χ4n) is 6.31. The van der Waals surface area contributed by atoms with Crippen molar-refractivity contribution in [2.45, 2.75) is 37.1 Å². The molecule has 3 aliphatic carbocycles. The molecule has 8 N–H and O–H groups in total. The fourth-order valence-corrected chi connectivity index (χ4v) is 6.31. The van der Waals surface area contributed by atoms with Crippen LogP contribution in [0.4, 0.5) is 18.9 Å². The van der Waals surface area contributed by atoms with Crippen molar-refractivity contribution in [3.63, 3.8) is 0 Å². The molecule has 0 bridgehead atoms. The number of nitrogens with two attached hydrogens (primary N) is 2. The molecule has 1 aromatic rings. The van der Waals surface area contributed by atoms with Crippen molar-refractivity contribution in [3.8, 4) is 5.75 Å². The smallest absolute Gasteiger partial charge is 0.394 e. The van der Waals surface area contributed by atoms with E-state index in [1.807, 2.05) is 0 Å². The van der Waals surface area contributed by atoms with Crippen molar-refractivity contribution >= 4 is 34.6 Å². The Bertz CT molecular complexity index is 1460. The molecule has 222 valence electrons. The standard InChI is InChI=1S/C26H30F3N5O7/c1-33(2)14-7-10(13(32-31)8-25(27,28)29)19(35)16-11(14)5-9-6-12-18(34(3)4)21(37)17(24(30)40)23(39)26(12,41)22(38)15(9)20(16)36/h7,9,12,18,35-36,39,41H,5-6,8,31H2,1-4H3,(H2,30,40)/b32-13-/t9-,12-,18-,26-/m0/s1. The lowest BCUT2D eigenvalue weighted by Gasteiger charge is -2.50. The van der Waals surface area contributed by atoms with Gasteiger partial charge in [0.05, 0.1) is 23.7 Å². The molecule has 1 fully saturated rings. The van der Waals surface area contributed by atoms with E-state index >= 15 is 0 Å². The first-order valence-electron chi connectivity index (χ1n) is 12.4. The number of fused-ring (bicyclic) bond motifs is 3. The summed E-state index contributed by atoms with van der Waals surface area (Å²) in [5.74, 6) is -3.28. The lowest BCUT2D eigenvalue weighted by atomic mass is 9.57. The molecule has 0 spiro atoms. The Morgan fingerprint density at radius 1 is 1.17 bits per heavy atom. The lowest BCUT2D eigenvalue weighted by Crippen LogP contribution is -2.65. The number of phenolic OH excluding ortho intramolecular Hbond substituents is 1. The van der Waals surface area contributed by atoms with Crippen LogP contribution in [0.2, 0.25) is 0 Å². The van der Waals surface area contributed by atoms with Crippen molar-refractivity contribution in [1.82, 2.24) is 4.90 Å². The van der Waals surface area contributed by atoms with Crippen molar-refractivity contribution in [2.75, 3.05) is 33.1 Å². The topological polar surface area (TPSA) is 203 Å². The quantitative estimate of drug-likeness (QED) is 0.124. The van der Waals surface area contributed by atoms with E-state index in [0.717, 1.165) is 0 Å². The number of Topliss-reactive ketones (excluding diaryl/α,β-unsaturated/α-hetero) is 2. The molecule has 4 atom stereocenters. The van der Waals surface area contributed by atoms with Gasteiger partial charge in [0.1, 0.15) is 22.8 Å². The summed E-state index contributed by atoms with van der Waals surface area (Å²) in [6.07, 6.45) is -6.52. The van der Waals surface area contributed by atoms with Crippen molar-refractivity contribution in [2.24, 2.45) is 28.5 Å². The molecule has 0 unspecified atom stereocenters. The van der Waals surface area contributed by atoms with Crippen LogP contribution in [0, 0.1) is 11.8 Å². The largest absolute Gasteiger partial charge is 0.508 e. The summed E-state index contributed by atoms with van der Waals surface area (Å²) in [6.45, 7) is 0. The highest BCUT2D eigenvalue weighted by Gasteiger charge is 2.64. The SMILES string of the molecule is CN(C)c1cc(/C(CC(F)(F)F)=N\N)c(O)c2c1C[C@H]1C[C@H]3[C@H](N(C)C)C(=O)C(C(N)=O)=C(O)[C@@]3(O)C(=O)C1=C2O. The monoisotopic (exact) mass is 581 g/mol. The van der Waals surface area contributed by atoms with Crippen LogP contribution in [0.15, 0.2) is 28.1 Å². The number of anilines is 1. The van der Waals surface area contributed by atoms with Gasteiger partial charge < -0.3 is 36.9 Å². The van der Waals surface area contributed by atoms with Gasteiger partial charge in [0.15, 0.2) is 11.4 Å². The van der Waals surface area contributed by atoms with E-state index in [-0.39, 0.29) is 29.7 Å². The highest BCUT2D eigenvalue weighted by Crippen LogP contribution is 2.54. The number of carbonyl (C=O) groups is 3. The van der Waals surface area contributed by atoms with Crippen molar-refractivity contribution in [1.29, 1.82) is 0 Å². The van der Waals surface area contributed by atoms with Gasteiger partial charge in [-0.1, -0.05) is 0 Å². The number of aliphatic hydroxyl groups is 3. The number of hydrogen-bond donors (Lipinski definition) is 6. The zero-order valence-corrected chi connectivity index (χ0v) is 22.6. The number of amides is 1. The van der Waals surface area contributed by atoms with Gasteiger partial charge in [-0.25, -0.2) is 0 Å². The van der Waals surface area contributed by atoms with Gasteiger partial charge in [-0.3, -0.25) is 19.3 Å². The molecule has 15 heteroatoms. The average Bonchev–Trinajstić information content (AvgIpc) is 2.84. The zero-order valence-electron chi connectivity index (χ0n) is 22.6. The number of benzene rings is 1. The van der Waals surface area contributed by atoms with E-state index in [4.69, 9.17) is 11.6 Å². The van der Waals surface area contributed by atoms with E-state index in [1.54, 1.807) is 14.1 Å². The maximum absolute atomic E-state index is 14.0. The Morgan fingerprint density at radius 3 is 2.27 bits per heavy atom. The van der Waals surface area contributed by atoms with Crippen LogP contribution in [0.25, 0.3) is 5.76 Å². The molecule has 0 radical (unpaired) electrons. The molecule has 0 aliphatic heterocycles. The molecule has 3 aliphatic rings. The normalized spacial score (nSPS) is 26.7. The second kappa shape index (κ2) is 9.76. The highest BCUT2D eigenvalue weighted by molar-refractivity contribution is 6.24. The minimum absolute atomic E-state index is 0.0374. The number of halogens is 3. The van der Waals surface area contributed by atoms with Gasteiger partial charge in [0.25, 0.3) is 5.91 Å². The number of nitrogens with zero attached hydrogens (tertiary/aromatic N) is 3. The minimum atomic E-state index is -4.74. The van der Waals surface area contributed by atoms with Crippen LogP contribution in [-0.2, 0) is 20.8 Å². The van der Waals surface area contributed by atoms with Crippen molar-refractivity contribution in [3.05, 3.63) is 39.7 Å². The lowest BCUT2D eigenvalue weighted by molar-refractivity contribution is -0.153. The van der Waals surface area contributed by atoms with Gasteiger partial charge in [-0.15, -0.1) is 0 Å². The number of ketones is 2. The van der Waals surface area contributed by atoms with Crippen molar-refractivity contribution < 1.29 is 48.0 Å². The van der Waals surface area contributed by atoms with Gasteiger partial charge in [-0.2, -0.15) is 18.3 Å². The summed E-state index contributed by atoms with van der Waals surface area (Å²) in [4.78, 5) is 42.1. The third-order valence-electron chi connectivity index (χ3n) is 8.01. The molecule has 41 heavy (non-hydrogen) atoms. The maximum Gasteiger partial charge on any atom is 0.394 e. The summed E-state index contributed by atoms with van der Waals surface area (Å²) >= 11 is 0. The Hall–Kier alpha value is -4.11. The molecule has 4 rings (SSSR count). The highest BCUT2D eigenvalue weighted by atomic mass is 19.4. The molecule has 1 saturated carbocycles. The first-order valence-corrected chi connectivity index (χ1v) is 12.4. The number of carbonyl (C=O) groups excluding carboxylic acids is 3. The first-order chi connectivity index (χ1) is 18.9. The summed E-state index contributed by atoms with van der Waals surface area (Å²) < 4.78 is 39.8. The zero-order chi connectivity index (χ0) is 30.9. The van der Waals surface area contributed by atoms with Crippen LogP contribution in [0.3, 0.4) is 0 Å². The molecule has 0 aromatic heterocycles. The Kier molecular flexibility index (Phi) is 7.11. The Morgan fingerprint density at radius 2 is 1.78 bits per heavy atom. The van der Waals surface area contributed by atoms with Gasteiger partial charge in [0.2, 0.25) is 5.78 Å². The molecule has 12 nitrogen and oxygen atoms in total. The van der Waals surface area contributed by atoms with Gasteiger partial charge >= 0.3 is 6.18 Å². The third-order valence-corrected chi connectivity index (χ3v) is 8.01. The average molecular weight is 582 g/mol. The van der Waals surface area contributed by atoms with E-state index in [0.29, 0.717) is 0 Å². The number of aliphatic hydroxyl groups excluding tert-OH is 2. The van der Waals surface area contributed by atoms with Gasteiger partial charge in [0, 0.05) is 36.8 Å². The third kappa shape index (κ3) is 4.39. The number of phenols is 1. The molecule has 1 aromatic carbocycles. The summed E-state index contributed by atoms with van der Waals surface area (Å²) in [6, 6.07) is -0.00654. The van der Waals surface area contributed by atoms with Crippen LogP contribution in [0.5, 0.6) is 5.75 Å². The summed E-state index contributed by atoms with van der Waals surface area (Å²) in [7, 11) is 6.12. The Labute approximate surface area is 232 Å². The number of aromatic hydroxyl groups is 1. The number of likely N-dealkylation sites (N-methyl/N-ethyl adjacent to an activating group) is 1. The van der Waals surface area contributed by atoms with Crippen LogP contribution < -0.4 is 16.5 Å². The molecule has 0 heterocycles. The molecule has 1 amide bonds. The summed E-state index contributed by atoms with van der Waals surface area (Å²) in [5.41, 5.74) is 0.101. The van der Waals surface area contributed by atoms with E-state index in [9.17, 15) is 48.0 Å². The van der Waals surface area contributed by atoms with E-state index < -0.39 is 93.2 Å². The fraction of sp³-hybridized carbons (Fsp3) is 0.462. The maximum atomic E-state index is 14.0. The predicted octanol–water partition coefficient (Wildman–Crippen LogP) is 0.645. The predicted molar refractivity (Wildman–Crippen MR) is 140 cm³/mol. The van der Waals surface area contributed by atoms with Crippen LogP contribution in [0.1, 0.15) is 29.5 Å². The van der Waals surface area contributed by atoms with Gasteiger partial charge in [-0.05, 0) is 44.5 Å². The van der Waals surface area contributed by atoms with Crippen LogP contribution >= 0.6 is 0 Å².